The molecule has 0 heterocycles. The average Bonchev–Trinajstić information content (AvgIpc) is 2.43. The number of carboxylic acids is 1. The van der Waals surface area contributed by atoms with E-state index in [1.165, 1.54) is 0 Å². The quantitative estimate of drug-likeness (QED) is 0.818. The largest absolute Gasteiger partial charge is 0.491 e. The summed E-state index contributed by atoms with van der Waals surface area (Å²) in [5.74, 6) is 1.41. The first-order valence-corrected chi connectivity index (χ1v) is 7.35. The monoisotopic (exact) mass is 276 g/mol. The van der Waals surface area contributed by atoms with Gasteiger partial charge in [-0.25, -0.2) is 4.79 Å². The zero-order valence-electron chi connectivity index (χ0n) is 10.8. The van der Waals surface area contributed by atoms with Crippen molar-refractivity contribution in [3.8, 4) is 5.75 Å². The molecule has 0 aliphatic carbocycles. The number of carboxylic acid groups (broad SMARTS) is 1. The molecule has 0 unspecified atom stereocenters. The van der Waals surface area contributed by atoms with Crippen LogP contribution >= 0.6 is 11.8 Å². The van der Waals surface area contributed by atoms with Gasteiger partial charge in [-0.05, 0) is 17.2 Å². The van der Waals surface area contributed by atoms with E-state index in [4.69, 9.17) is 4.74 Å². The zero-order valence-corrected chi connectivity index (χ0v) is 11.6. The number of ether oxygens (including phenoxy) is 1. The SMILES string of the molecule is CCSCCOc1c(C(=O)O)ccc2ccccc12. The first-order chi connectivity index (χ1) is 9.24. The molecule has 0 spiro atoms. The Morgan fingerprint density at radius 2 is 2.05 bits per heavy atom. The third-order valence-electron chi connectivity index (χ3n) is 2.79. The van der Waals surface area contributed by atoms with Crippen LogP contribution in [-0.2, 0) is 0 Å². The molecule has 3 nitrogen and oxygen atoms in total. The number of thioether (sulfide) groups is 1. The molecule has 2 aromatic rings. The molecule has 4 heteroatoms. The number of aromatic carboxylic acids is 1. The summed E-state index contributed by atoms with van der Waals surface area (Å²) in [4.78, 5) is 11.3. The van der Waals surface area contributed by atoms with Gasteiger partial charge in [0.2, 0.25) is 0 Å². The number of carbonyl (C=O) groups is 1. The van der Waals surface area contributed by atoms with Crippen LogP contribution in [-0.4, -0.2) is 29.2 Å². The standard InChI is InChI=1S/C15H16O3S/c1-2-19-10-9-18-14-12-6-4-3-5-11(12)7-8-13(14)15(16)17/h3-8H,2,9-10H2,1H3,(H,16,17). The van der Waals surface area contributed by atoms with Crippen molar-refractivity contribution in [2.24, 2.45) is 0 Å². The first kappa shape index (κ1) is 13.7. The van der Waals surface area contributed by atoms with E-state index in [1.54, 1.807) is 17.8 Å². The second-order valence-corrected chi connectivity index (χ2v) is 5.41. The molecule has 0 amide bonds. The van der Waals surface area contributed by atoms with Crippen molar-refractivity contribution in [3.63, 3.8) is 0 Å². The normalized spacial score (nSPS) is 10.6. The Hall–Kier alpha value is -1.68. The van der Waals surface area contributed by atoms with Crippen LogP contribution < -0.4 is 4.74 Å². The van der Waals surface area contributed by atoms with Gasteiger partial charge in [0.1, 0.15) is 11.3 Å². The highest BCUT2D eigenvalue weighted by Crippen LogP contribution is 2.30. The lowest BCUT2D eigenvalue weighted by Gasteiger charge is -2.12. The summed E-state index contributed by atoms with van der Waals surface area (Å²) in [5, 5.41) is 11.1. The Morgan fingerprint density at radius 3 is 2.79 bits per heavy atom. The maximum Gasteiger partial charge on any atom is 0.339 e. The minimum atomic E-state index is -0.955. The molecule has 0 atom stereocenters. The maximum atomic E-state index is 11.3. The van der Waals surface area contributed by atoms with E-state index in [0.29, 0.717) is 12.4 Å². The van der Waals surface area contributed by atoms with E-state index in [-0.39, 0.29) is 5.56 Å². The number of rotatable bonds is 6. The fourth-order valence-corrected chi connectivity index (χ4v) is 2.40. The highest BCUT2D eigenvalue weighted by atomic mass is 32.2. The van der Waals surface area contributed by atoms with Crippen molar-refractivity contribution in [2.45, 2.75) is 6.92 Å². The predicted octanol–water partition coefficient (Wildman–Crippen LogP) is 3.67. The van der Waals surface area contributed by atoms with Gasteiger partial charge in [-0.2, -0.15) is 11.8 Å². The predicted molar refractivity (Wildman–Crippen MR) is 79.4 cm³/mol. The van der Waals surface area contributed by atoms with Crippen molar-refractivity contribution in [1.82, 2.24) is 0 Å². The van der Waals surface area contributed by atoms with Gasteiger partial charge in [-0.1, -0.05) is 37.3 Å². The van der Waals surface area contributed by atoms with Gasteiger partial charge in [0.05, 0.1) is 6.61 Å². The molecular formula is C15H16O3S. The van der Waals surface area contributed by atoms with E-state index in [9.17, 15) is 9.90 Å². The van der Waals surface area contributed by atoms with Crippen LogP contribution in [0.25, 0.3) is 10.8 Å². The Bertz CT molecular complexity index is 581. The Kier molecular flexibility index (Phi) is 4.68. The molecule has 0 bridgehead atoms. The zero-order chi connectivity index (χ0) is 13.7. The van der Waals surface area contributed by atoms with Crippen LogP contribution in [0.2, 0.25) is 0 Å². The molecule has 0 radical (unpaired) electrons. The van der Waals surface area contributed by atoms with E-state index < -0.39 is 5.97 Å². The molecule has 0 fully saturated rings. The lowest BCUT2D eigenvalue weighted by molar-refractivity contribution is 0.0693. The summed E-state index contributed by atoms with van der Waals surface area (Å²) in [6, 6.07) is 11.1. The minimum absolute atomic E-state index is 0.222. The van der Waals surface area contributed by atoms with Gasteiger partial charge in [0.25, 0.3) is 0 Å². The van der Waals surface area contributed by atoms with Crippen LogP contribution in [0.5, 0.6) is 5.75 Å². The molecule has 0 aromatic heterocycles. The summed E-state index contributed by atoms with van der Waals surface area (Å²) in [7, 11) is 0. The van der Waals surface area contributed by atoms with E-state index >= 15 is 0 Å². The molecule has 100 valence electrons. The first-order valence-electron chi connectivity index (χ1n) is 6.19. The molecule has 0 saturated carbocycles. The summed E-state index contributed by atoms with van der Waals surface area (Å²) < 4.78 is 5.71. The summed E-state index contributed by atoms with van der Waals surface area (Å²) in [6.07, 6.45) is 0. The Balaban J connectivity index is 2.35. The Labute approximate surface area is 116 Å². The van der Waals surface area contributed by atoms with Crippen molar-refractivity contribution in [1.29, 1.82) is 0 Å². The second-order valence-electron chi connectivity index (χ2n) is 4.01. The molecule has 0 aliphatic heterocycles. The molecule has 1 N–H and O–H groups in total. The van der Waals surface area contributed by atoms with Crippen LogP contribution in [0.15, 0.2) is 36.4 Å². The Morgan fingerprint density at radius 1 is 1.26 bits per heavy atom. The molecule has 2 aromatic carbocycles. The topological polar surface area (TPSA) is 46.5 Å². The minimum Gasteiger partial charge on any atom is -0.491 e. The average molecular weight is 276 g/mol. The van der Waals surface area contributed by atoms with Gasteiger partial charge in [-0.3, -0.25) is 0 Å². The van der Waals surface area contributed by atoms with E-state index in [1.807, 2.05) is 30.3 Å². The van der Waals surface area contributed by atoms with Crippen LogP contribution in [0.1, 0.15) is 17.3 Å². The fraction of sp³-hybridized carbons (Fsp3) is 0.267. The summed E-state index contributed by atoms with van der Waals surface area (Å²) in [6.45, 7) is 2.61. The van der Waals surface area contributed by atoms with Gasteiger partial charge >= 0.3 is 5.97 Å². The molecule has 0 aliphatic rings. The molecule has 19 heavy (non-hydrogen) atoms. The van der Waals surface area contributed by atoms with Crippen molar-refractivity contribution in [2.75, 3.05) is 18.1 Å². The smallest absolute Gasteiger partial charge is 0.339 e. The highest BCUT2D eigenvalue weighted by Gasteiger charge is 2.14. The molecule has 0 saturated heterocycles. The van der Waals surface area contributed by atoms with Crippen LogP contribution in [0.4, 0.5) is 0 Å². The van der Waals surface area contributed by atoms with Gasteiger partial charge in [-0.15, -0.1) is 0 Å². The van der Waals surface area contributed by atoms with Crippen molar-refractivity contribution in [3.05, 3.63) is 42.0 Å². The van der Waals surface area contributed by atoms with E-state index in [0.717, 1.165) is 22.3 Å². The lowest BCUT2D eigenvalue weighted by Crippen LogP contribution is -2.06. The summed E-state index contributed by atoms with van der Waals surface area (Å²) >= 11 is 1.77. The maximum absolute atomic E-state index is 11.3. The van der Waals surface area contributed by atoms with E-state index in [2.05, 4.69) is 6.92 Å². The second kappa shape index (κ2) is 6.48. The van der Waals surface area contributed by atoms with Crippen LogP contribution in [0, 0.1) is 0 Å². The van der Waals surface area contributed by atoms with Crippen LogP contribution in [0.3, 0.4) is 0 Å². The number of benzene rings is 2. The van der Waals surface area contributed by atoms with Crippen molar-refractivity contribution >= 4 is 28.5 Å². The lowest BCUT2D eigenvalue weighted by atomic mass is 10.1. The number of fused-ring (bicyclic) bond motifs is 1. The highest BCUT2D eigenvalue weighted by molar-refractivity contribution is 7.99. The third-order valence-corrected chi connectivity index (χ3v) is 3.65. The molecule has 2 rings (SSSR count). The third kappa shape index (κ3) is 3.20. The van der Waals surface area contributed by atoms with Crippen molar-refractivity contribution < 1.29 is 14.6 Å². The van der Waals surface area contributed by atoms with Gasteiger partial charge in [0, 0.05) is 11.1 Å². The fourth-order valence-electron chi connectivity index (χ4n) is 1.91. The number of hydrogen-bond acceptors (Lipinski definition) is 3. The summed E-state index contributed by atoms with van der Waals surface area (Å²) in [5.41, 5.74) is 0.222. The van der Waals surface area contributed by atoms with Gasteiger partial charge < -0.3 is 9.84 Å². The van der Waals surface area contributed by atoms with Gasteiger partial charge in [0.15, 0.2) is 0 Å². The number of hydrogen-bond donors (Lipinski definition) is 1. The molecular weight excluding hydrogens is 260 g/mol.